The van der Waals surface area contributed by atoms with E-state index in [4.69, 9.17) is 15.9 Å². The van der Waals surface area contributed by atoms with Crippen LogP contribution in [0.4, 0.5) is 0 Å². The van der Waals surface area contributed by atoms with E-state index in [1.807, 2.05) is 0 Å². The average molecular weight is 564 g/mol. The van der Waals surface area contributed by atoms with Crippen molar-refractivity contribution in [2.45, 2.75) is 69.3 Å². The molecule has 0 saturated heterocycles. The van der Waals surface area contributed by atoms with E-state index in [1.54, 1.807) is 30.5 Å². The van der Waals surface area contributed by atoms with E-state index in [1.165, 1.54) is 0 Å². The number of carbonyl (C=O) groups is 6. The predicted octanol–water partition coefficient (Wildman–Crippen LogP) is -1.31. The molecule has 0 fully saturated rings. The Labute approximate surface area is 228 Å². The normalized spacial score (nSPS) is 14.8. The number of carboxylic acids is 3. The third-order valence-electron chi connectivity index (χ3n) is 6.06. The number of aromatic amines is 1. The molecule has 1 aromatic heterocycles. The summed E-state index contributed by atoms with van der Waals surface area (Å²) in [6, 6.07) is 1.22. The van der Waals surface area contributed by atoms with Crippen LogP contribution < -0.4 is 21.7 Å². The van der Waals surface area contributed by atoms with Crippen molar-refractivity contribution < 1.29 is 49.2 Å². The van der Waals surface area contributed by atoms with Gasteiger partial charge in [0.25, 0.3) is 0 Å². The van der Waals surface area contributed by atoms with Crippen molar-refractivity contribution in [1.82, 2.24) is 20.9 Å². The van der Waals surface area contributed by atoms with Gasteiger partial charge < -0.3 is 47.1 Å². The molecule has 5 unspecified atom stereocenters. The summed E-state index contributed by atoms with van der Waals surface area (Å²) in [5.74, 6) is -6.77. The highest BCUT2D eigenvalue weighted by molar-refractivity contribution is 5.95. The quantitative estimate of drug-likeness (QED) is 0.116. The number of fused-ring (bicyclic) bond motifs is 1. The topological polar surface area (TPSA) is 261 Å². The van der Waals surface area contributed by atoms with E-state index in [2.05, 4.69) is 20.9 Å². The highest BCUT2D eigenvalue weighted by Crippen LogP contribution is 2.19. The second-order valence-corrected chi connectivity index (χ2v) is 9.22. The lowest BCUT2D eigenvalue weighted by molar-refractivity contribution is -0.145. The Morgan fingerprint density at radius 3 is 2.02 bits per heavy atom. The highest BCUT2D eigenvalue weighted by atomic mass is 16.4. The largest absolute Gasteiger partial charge is 0.481 e. The second kappa shape index (κ2) is 14.6. The summed E-state index contributed by atoms with van der Waals surface area (Å²) in [7, 11) is 0. The van der Waals surface area contributed by atoms with E-state index in [0.717, 1.165) is 17.8 Å². The number of H-pyrrole nitrogens is 1. The number of hydrogen-bond acceptors (Lipinski definition) is 8. The lowest BCUT2D eigenvalue weighted by Crippen LogP contribution is -2.58. The molecule has 5 atom stereocenters. The number of aliphatic hydroxyl groups is 1. The molecule has 0 radical (unpaired) electrons. The van der Waals surface area contributed by atoms with Crippen LogP contribution in [0.3, 0.4) is 0 Å². The van der Waals surface area contributed by atoms with Crippen molar-refractivity contribution in [3.05, 3.63) is 36.0 Å². The molecule has 0 aliphatic rings. The summed E-state index contributed by atoms with van der Waals surface area (Å²) in [5.41, 5.74) is 7.02. The first-order valence-corrected chi connectivity index (χ1v) is 12.4. The monoisotopic (exact) mass is 563 g/mol. The zero-order valence-electron chi connectivity index (χ0n) is 21.6. The van der Waals surface area contributed by atoms with Crippen LogP contribution >= 0.6 is 0 Å². The molecule has 3 amide bonds. The van der Waals surface area contributed by atoms with Crippen molar-refractivity contribution in [3.63, 3.8) is 0 Å². The molecule has 1 heterocycles. The van der Waals surface area contributed by atoms with Crippen molar-refractivity contribution in [1.29, 1.82) is 0 Å². The number of aliphatic hydroxyl groups excluding tert-OH is 1. The minimum Gasteiger partial charge on any atom is -0.481 e. The van der Waals surface area contributed by atoms with Crippen LogP contribution in [0, 0.1) is 0 Å². The summed E-state index contributed by atoms with van der Waals surface area (Å²) in [5, 5.41) is 44.7. The molecule has 15 heteroatoms. The maximum atomic E-state index is 13.2. The molecular weight excluding hydrogens is 530 g/mol. The molecule has 218 valence electrons. The zero-order chi connectivity index (χ0) is 30.0. The SMILES string of the molecule is CC(O)C(NC(=O)C(Cc1c[nH]c2ccccc12)NC(=O)C(CCC(=O)O)NC(=O)C(N)CCC(=O)O)C(=O)O. The second-order valence-electron chi connectivity index (χ2n) is 9.22. The van der Waals surface area contributed by atoms with Gasteiger partial charge in [-0.2, -0.15) is 0 Å². The fourth-order valence-electron chi connectivity index (χ4n) is 3.87. The third-order valence-corrected chi connectivity index (χ3v) is 6.06. The number of para-hydroxylation sites is 1. The average Bonchev–Trinajstić information content (AvgIpc) is 3.29. The summed E-state index contributed by atoms with van der Waals surface area (Å²) < 4.78 is 0. The van der Waals surface area contributed by atoms with E-state index in [0.29, 0.717) is 5.56 Å². The Bertz CT molecular complexity index is 1240. The third kappa shape index (κ3) is 9.36. The van der Waals surface area contributed by atoms with Crippen LogP contribution in [0.25, 0.3) is 10.9 Å². The first kappa shape index (κ1) is 31.7. The molecule has 2 rings (SSSR count). The number of hydrogen-bond donors (Lipinski definition) is 9. The smallest absolute Gasteiger partial charge is 0.328 e. The molecule has 0 bridgehead atoms. The van der Waals surface area contributed by atoms with Gasteiger partial charge in [0.2, 0.25) is 17.7 Å². The summed E-state index contributed by atoms with van der Waals surface area (Å²) in [6.07, 6.45) is -1.58. The van der Waals surface area contributed by atoms with Gasteiger partial charge in [0, 0.05) is 36.4 Å². The predicted molar refractivity (Wildman–Crippen MR) is 139 cm³/mol. The van der Waals surface area contributed by atoms with Gasteiger partial charge in [-0.05, 0) is 31.4 Å². The maximum absolute atomic E-state index is 13.2. The molecule has 15 nitrogen and oxygen atoms in total. The van der Waals surface area contributed by atoms with Gasteiger partial charge in [0.05, 0.1) is 12.1 Å². The molecule has 40 heavy (non-hydrogen) atoms. The lowest BCUT2D eigenvalue weighted by atomic mass is 10.0. The van der Waals surface area contributed by atoms with Gasteiger partial charge in [0.15, 0.2) is 6.04 Å². The minimum atomic E-state index is -1.69. The standard InChI is InChI=1S/C25H33N5O10/c1-12(31)21(25(39)40)30-24(38)18(10-13-11-27-16-5-3-2-4-14(13)16)29-23(37)17(7-9-20(34)35)28-22(36)15(26)6-8-19(32)33/h2-5,11-12,15,17-18,21,27,31H,6-10,26H2,1H3,(H,28,36)(H,29,37)(H,30,38)(H,32,33)(H,34,35)(H,39,40). The van der Waals surface area contributed by atoms with Crippen LogP contribution in [0.1, 0.15) is 38.2 Å². The van der Waals surface area contributed by atoms with Crippen molar-refractivity contribution in [2.75, 3.05) is 0 Å². The van der Waals surface area contributed by atoms with Gasteiger partial charge in [-0.1, -0.05) is 18.2 Å². The van der Waals surface area contributed by atoms with Crippen LogP contribution in [-0.4, -0.2) is 91.3 Å². The molecule has 0 aliphatic carbocycles. The van der Waals surface area contributed by atoms with Crippen molar-refractivity contribution >= 4 is 46.5 Å². The first-order valence-electron chi connectivity index (χ1n) is 12.4. The van der Waals surface area contributed by atoms with Crippen LogP contribution in [0.5, 0.6) is 0 Å². The number of benzene rings is 1. The molecule has 2 aromatic rings. The highest BCUT2D eigenvalue weighted by Gasteiger charge is 2.32. The number of rotatable bonds is 16. The van der Waals surface area contributed by atoms with Crippen molar-refractivity contribution in [3.8, 4) is 0 Å². The van der Waals surface area contributed by atoms with E-state index < -0.39 is 78.7 Å². The summed E-state index contributed by atoms with van der Waals surface area (Å²) in [6.45, 7) is 1.16. The van der Waals surface area contributed by atoms with E-state index in [9.17, 15) is 39.0 Å². The number of aliphatic carboxylic acids is 3. The first-order chi connectivity index (χ1) is 18.8. The Balaban J connectivity index is 2.31. The number of aromatic nitrogens is 1. The van der Waals surface area contributed by atoms with E-state index in [-0.39, 0.29) is 19.3 Å². The van der Waals surface area contributed by atoms with Gasteiger partial charge in [-0.3, -0.25) is 24.0 Å². The maximum Gasteiger partial charge on any atom is 0.328 e. The summed E-state index contributed by atoms with van der Waals surface area (Å²) in [4.78, 5) is 75.4. The molecular formula is C25H33N5O10. The lowest BCUT2D eigenvalue weighted by Gasteiger charge is -2.25. The Morgan fingerprint density at radius 2 is 1.43 bits per heavy atom. The zero-order valence-corrected chi connectivity index (χ0v) is 21.6. The van der Waals surface area contributed by atoms with Crippen LogP contribution in [-0.2, 0) is 35.2 Å². The van der Waals surface area contributed by atoms with Crippen LogP contribution in [0.15, 0.2) is 30.5 Å². The number of nitrogens with one attached hydrogen (secondary N) is 4. The van der Waals surface area contributed by atoms with Gasteiger partial charge >= 0.3 is 17.9 Å². The fraction of sp³-hybridized carbons (Fsp3) is 0.440. The molecule has 0 aliphatic heterocycles. The molecule has 0 spiro atoms. The Morgan fingerprint density at radius 1 is 0.850 bits per heavy atom. The van der Waals surface area contributed by atoms with Gasteiger partial charge in [0.1, 0.15) is 12.1 Å². The Kier molecular flexibility index (Phi) is 11.6. The molecule has 0 saturated carbocycles. The van der Waals surface area contributed by atoms with Crippen LogP contribution in [0.2, 0.25) is 0 Å². The molecule has 10 N–H and O–H groups in total. The fourth-order valence-corrected chi connectivity index (χ4v) is 3.87. The number of amides is 3. The van der Waals surface area contributed by atoms with Gasteiger partial charge in [-0.15, -0.1) is 0 Å². The number of nitrogens with two attached hydrogens (primary N) is 1. The minimum absolute atomic E-state index is 0.133. The van der Waals surface area contributed by atoms with Gasteiger partial charge in [-0.25, -0.2) is 4.79 Å². The Hall–Kier alpha value is -4.50. The summed E-state index contributed by atoms with van der Waals surface area (Å²) >= 11 is 0. The number of carbonyl (C=O) groups excluding carboxylic acids is 3. The van der Waals surface area contributed by atoms with Crippen molar-refractivity contribution in [2.24, 2.45) is 5.73 Å². The molecule has 1 aromatic carbocycles. The number of carboxylic acid groups (broad SMARTS) is 3. The van der Waals surface area contributed by atoms with E-state index >= 15 is 0 Å².